The van der Waals surface area contributed by atoms with Gasteiger partial charge in [-0.25, -0.2) is 0 Å². The lowest BCUT2D eigenvalue weighted by molar-refractivity contribution is -0.137. The molecule has 30 heavy (non-hydrogen) atoms. The molecule has 4 heterocycles. The number of nitrogens with zero attached hydrogens (tertiary/aromatic N) is 4. The zero-order valence-electron chi connectivity index (χ0n) is 15.8. The summed E-state index contributed by atoms with van der Waals surface area (Å²) in [5.41, 5.74) is 0.440. The highest BCUT2D eigenvalue weighted by Crippen LogP contribution is 2.38. The second-order valence-electron chi connectivity index (χ2n) is 7.44. The van der Waals surface area contributed by atoms with Crippen molar-refractivity contribution in [1.82, 2.24) is 19.2 Å². The average molecular weight is 434 g/mol. The number of thiophene rings is 1. The molecule has 6 nitrogen and oxygen atoms in total. The van der Waals surface area contributed by atoms with Crippen LogP contribution in [-0.2, 0) is 13.2 Å². The Labute approximate surface area is 172 Å². The van der Waals surface area contributed by atoms with Crippen molar-refractivity contribution in [3.63, 3.8) is 0 Å². The minimum absolute atomic E-state index is 0.149. The van der Waals surface area contributed by atoms with Crippen LogP contribution >= 0.6 is 11.3 Å². The minimum Gasteiger partial charge on any atom is -0.391 e. The van der Waals surface area contributed by atoms with E-state index in [0.717, 1.165) is 27.7 Å². The molecule has 4 aromatic rings. The molecule has 1 fully saturated rings. The highest BCUT2D eigenvalue weighted by Gasteiger charge is 2.31. The number of rotatable bonds is 2. The Hall–Kier alpha value is -2.85. The van der Waals surface area contributed by atoms with Gasteiger partial charge in [-0.1, -0.05) is 0 Å². The molecule has 1 amide bonds. The molecule has 1 saturated heterocycles. The Balaban J connectivity index is 1.64. The molecule has 1 N–H and O–H groups in total. The quantitative estimate of drug-likeness (QED) is 0.522. The fourth-order valence-corrected chi connectivity index (χ4v) is 5.06. The Morgan fingerprint density at radius 1 is 1.23 bits per heavy atom. The van der Waals surface area contributed by atoms with E-state index in [2.05, 4.69) is 5.10 Å². The number of hydrogen-bond acceptors (Lipinski definition) is 4. The number of aryl methyl sites for hydroxylation is 1. The van der Waals surface area contributed by atoms with Gasteiger partial charge in [0, 0.05) is 42.8 Å². The summed E-state index contributed by atoms with van der Waals surface area (Å²) in [6.45, 7) is 0.811. The minimum atomic E-state index is -4.41. The molecule has 0 bridgehead atoms. The predicted octanol–water partition coefficient (Wildman–Crippen LogP) is 3.80. The number of aliphatic hydroxyl groups is 1. The van der Waals surface area contributed by atoms with Gasteiger partial charge in [0.05, 0.1) is 16.5 Å². The number of alkyl halides is 3. The molecule has 0 radical (unpaired) electrons. The summed E-state index contributed by atoms with van der Waals surface area (Å²) in [6.07, 6.45) is -2.53. The number of likely N-dealkylation sites (tertiary alicyclic amines) is 1. The van der Waals surface area contributed by atoms with Crippen LogP contribution < -0.4 is 0 Å². The zero-order chi connectivity index (χ0) is 21.2. The van der Waals surface area contributed by atoms with E-state index in [1.807, 2.05) is 6.20 Å². The van der Waals surface area contributed by atoms with Gasteiger partial charge in [-0.3, -0.25) is 14.0 Å². The molecule has 5 rings (SSSR count). The van der Waals surface area contributed by atoms with Crippen molar-refractivity contribution >= 4 is 38.5 Å². The molecule has 1 aliphatic heterocycles. The highest BCUT2D eigenvalue weighted by molar-refractivity contribution is 7.20. The summed E-state index contributed by atoms with van der Waals surface area (Å²) in [6, 6.07) is 6.71. The third-order valence-corrected chi connectivity index (χ3v) is 6.45. The summed E-state index contributed by atoms with van der Waals surface area (Å²) in [5.74, 6) is -0.149. The summed E-state index contributed by atoms with van der Waals surface area (Å²) >= 11 is 1.28. The predicted molar refractivity (Wildman–Crippen MR) is 107 cm³/mol. The number of carbonyl (C=O) groups excluding carboxylic acids is 1. The lowest BCUT2D eigenvalue weighted by atomic mass is 10.2. The number of benzene rings is 1. The highest BCUT2D eigenvalue weighted by atomic mass is 32.1. The van der Waals surface area contributed by atoms with Gasteiger partial charge in [0.1, 0.15) is 4.83 Å². The molecule has 0 saturated carbocycles. The number of carbonyl (C=O) groups is 1. The SMILES string of the molecule is Cn1cc2c3cc(C(=O)N4CC[C@@H](O)C4)sc3n(-c3ccc(C(F)(F)F)cc3)c2n1. The first-order valence-electron chi connectivity index (χ1n) is 9.35. The number of aromatic nitrogens is 3. The van der Waals surface area contributed by atoms with E-state index in [1.54, 1.807) is 27.3 Å². The van der Waals surface area contributed by atoms with Crippen LogP contribution in [-0.4, -0.2) is 49.5 Å². The summed E-state index contributed by atoms with van der Waals surface area (Å²) in [7, 11) is 1.77. The monoisotopic (exact) mass is 434 g/mol. The third-order valence-electron chi connectivity index (χ3n) is 5.34. The third kappa shape index (κ3) is 2.98. The summed E-state index contributed by atoms with van der Waals surface area (Å²) in [5, 5.41) is 15.8. The van der Waals surface area contributed by atoms with E-state index in [4.69, 9.17) is 0 Å². The van der Waals surface area contributed by atoms with Gasteiger partial charge in [0.15, 0.2) is 5.65 Å². The molecule has 3 aromatic heterocycles. The van der Waals surface area contributed by atoms with E-state index < -0.39 is 17.8 Å². The van der Waals surface area contributed by atoms with Gasteiger partial charge < -0.3 is 10.0 Å². The fourth-order valence-electron chi connectivity index (χ4n) is 3.90. The van der Waals surface area contributed by atoms with Crippen LogP contribution in [0.15, 0.2) is 36.5 Å². The van der Waals surface area contributed by atoms with Crippen LogP contribution in [0.25, 0.3) is 26.9 Å². The average Bonchev–Trinajstić information content (AvgIpc) is 3.43. The van der Waals surface area contributed by atoms with E-state index in [9.17, 15) is 23.1 Å². The first kappa shape index (κ1) is 19.1. The molecular formula is C20H17F3N4O2S. The van der Waals surface area contributed by atoms with Crippen molar-refractivity contribution in [1.29, 1.82) is 0 Å². The second-order valence-corrected chi connectivity index (χ2v) is 8.47. The first-order valence-corrected chi connectivity index (χ1v) is 10.2. The largest absolute Gasteiger partial charge is 0.416 e. The van der Waals surface area contributed by atoms with Gasteiger partial charge in [-0.2, -0.15) is 18.3 Å². The van der Waals surface area contributed by atoms with Crippen LogP contribution in [0.2, 0.25) is 0 Å². The topological polar surface area (TPSA) is 63.3 Å². The first-order chi connectivity index (χ1) is 14.2. The smallest absolute Gasteiger partial charge is 0.391 e. The Kier molecular flexibility index (Phi) is 4.19. The molecule has 0 unspecified atom stereocenters. The van der Waals surface area contributed by atoms with Gasteiger partial charge in [-0.05, 0) is 36.8 Å². The maximum atomic E-state index is 13.0. The Bertz CT molecular complexity index is 1270. The number of hydrogen-bond donors (Lipinski definition) is 1. The van der Waals surface area contributed by atoms with E-state index in [1.165, 1.54) is 23.5 Å². The molecule has 1 atom stereocenters. The van der Waals surface area contributed by atoms with Crippen LogP contribution in [0.1, 0.15) is 21.7 Å². The molecule has 1 aromatic carbocycles. The molecule has 156 valence electrons. The normalized spacial score (nSPS) is 17.5. The number of aliphatic hydroxyl groups excluding tert-OH is 1. The lowest BCUT2D eigenvalue weighted by Gasteiger charge is -2.13. The molecule has 0 aliphatic carbocycles. The van der Waals surface area contributed by atoms with Crippen LogP contribution in [0.3, 0.4) is 0 Å². The molecule has 10 heteroatoms. The van der Waals surface area contributed by atoms with Crippen molar-refractivity contribution < 1.29 is 23.1 Å². The van der Waals surface area contributed by atoms with Gasteiger partial charge in [-0.15, -0.1) is 11.3 Å². The lowest BCUT2D eigenvalue weighted by Crippen LogP contribution is -2.28. The fraction of sp³-hybridized carbons (Fsp3) is 0.300. The number of amides is 1. The zero-order valence-corrected chi connectivity index (χ0v) is 16.7. The van der Waals surface area contributed by atoms with Crippen molar-refractivity contribution in [2.24, 2.45) is 7.05 Å². The van der Waals surface area contributed by atoms with Crippen molar-refractivity contribution in [3.8, 4) is 5.69 Å². The Morgan fingerprint density at radius 3 is 2.60 bits per heavy atom. The van der Waals surface area contributed by atoms with Gasteiger partial charge >= 0.3 is 6.18 Å². The van der Waals surface area contributed by atoms with Crippen molar-refractivity contribution in [2.75, 3.05) is 13.1 Å². The van der Waals surface area contributed by atoms with Crippen molar-refractivity contribution in [2.45, 2.75) is 18.7 Å². The summed E-state index contributed by atoms with van der Waals surface area (Å²) < 4.78 is 42.3. The summed E-state index contributed by atoms with van der Waals surface area (Å²) in [4.78, 5) is 15.8. The molecular weight excluding hydrogens is 417 g/mol. The van der Waals surface area contributed by atoms with Gasteiger partial charge in [0.25, 0.3) is 5.91 Å². The van der Waals surface area contributed by atoms with Crippen molar-refractivity contribution in [3.05, 3.63) is 47.0 Å². The number of fused-ring (bicyclic) bond motifs is 3. The van der Waals surface area contributed by atoms with E-state index >= 15 is 0 Å². The number of halogens is 3. The molecule has 1 aliphatic rings. The maximum Gasteiger partial charge on any atom is 0.416 e. The van der Waals surface area contributed by atoms with Crippen LogP contribution in [0, 0.1) is 0 Å². The van der Waals surface area contributed by atoms with Gasteiger partial charge in [0.2, 0.25) is 0 Å². The second kappa shape index (κ2) is 6.58. The van der Waals surface area contributed by atoms with Crippen LogP contribution in [0.4, 0.5) is 13.2 Å². The standard InChI is InChI=1S/C20H17F3N4O2S/c1-25-10-15-14-8-16(18(29)26-7-6-13(28)9-26)30-19(14)27(17(15)24-25)12-4-2-11(3-5-12)20(21,22)23/h2-5,8,10,13,28H,6-7,9H2,1H3/t13-/m1/s1. The number of β-amino-alcohol motifs (C(OH)–C–C–N with tert-alkyl or cyclic N) is 1. The Morgan fingerprint density at radius 2 is 1.97 bits per heavy atom. The maximum absolute atomic E-state index is 13.0. The van der Waals surface area contributed by atoms with E-state index in [-0.39, 0.29) is 5.91 Å². The molecule has 0 spiro atoms. The van der Waals surface area contributed by atoms with E-state index in [0.29, 0.717) is 35.7 Å². The van der Waals surface area contributed by atoms with Crippen LogP contribution in [0.5, 0.6) is 0 Å².